The van der Waals surface area contributed by atoms with Gasteiger partial charge in [0, 0.05) is 0 Å². The molecule has 2 nitrogen and oxygen atoms in total. The lowest BCUT2D eigenvalue weighted by molar-refractivity contribution is 0.383. The van der Waals surface area contributed by atoms with Crippen LogP contribution in [0.25, 0.3) is 0 Å². The Balaban J connectivity index is 2.45. The monoisotopic (exact) mass is 460 g/mol. The van der Waals surface area contributed by atoms with E-state index in [0.29, 0.717) is 0 Å². The van der Waals surface area contributed by atoms with Crippen molar-refractivity contribution < 1.29 is 35.1 Å². The Bertz CT molecular complexity index is 789. The molecule has 0 atom stereocenters. The van der Waals surface area contributed by atoms with Crippen molar-refractivity contribution in [2.75, 3.05) is 0 Å². The third-order valence-electron chi connectivity index (χ3n) is 2.33. The van der Waals surface area contributed by atoms with E-state index in [1.807, 2.05) is 0 Å². The van der Waals surface area contributed by atoms with Gasteiger partial charge in [-0.3, -0.25) is 0 Å². The van der Waals surface area contributed by atoms with Gasteiger partial charge in [0.05, 0.1) is 9.79 Å². The normalized spacial score (nSPS) is 11.9. The molecular formula is C10HF8N2PS4. The van der Waals surface area contributed by atoms with Gasteiger partial charge in [0.2, 0.25) is 0 Å². The number of halogens is 8. The van der Waals surface area contributed by atoms with Gasteiger partial charge in [0.1, 0.15) is 3.64 Å². The Kier molecular flexibility index (Phi) is 6.30. The number of rotatable bonds is 4. The quantitative estimate of drug-likeness (QED) is 0.276. The molecule has 0 radical (unpaired) electrons. The molecule has 0 aliphatic heterocycles. The second kappa shape index (κ2) is 7.59. The van der Waals surface area contributed by atoms with Gasteiger partial charge in [0.25, 0.3) is 23.8 Å². The SMILES string of the molecule is Fc1nc(F)c(F)c(SP(=S)(S)Sc2c(F)c(F)nc(F)c2F)c1F. The summed E-state index contributed by atoms with van der Waals surface area (Å²) in [4.78, 5) is 2.10. The topological polar surface area (TPSA) is 25.8 Å². The standard InChI is InChI=1S/C10HF8N2PS4/c11-1-5(2(12)8(16)19-7(1)15)24-21(22,23)25-6-3(13)9(17)20-10(18)4(6)14/h(H,22,23). The highest BCUT2D eigenvalue weighted by Gasteiger charge is 2.30. The first kappa shape index (κ1) is 20.7. The Labute approximate surface area is 152 Å². The Morgan fingerprint density at radius 1 is 0.640 bits per heavy atom. The molecule has 0 aromatic carbocycles. The molecule has 0 aliphatic rings. The maximum atomic E-state index is 13.6. The number of thiol groups is 1. The fraction of sp³-hybridized carbons (Fsp3) is 0. The van der Waals surface area contributed by atoms with Crippen LogP contribution in [-0.2, 0) is 11.8 Å². The molecule has 0 saturated heterocycles. The van der Waals surface area contributed by atoms with Crippen molar-refractivity contribution in [2.45, 2.75) is 9.79 Å². The maximum Gasteiger partial charge on any atom is 0.252 e. The first-order valence-electron chi connectivity index (χ1n) is 5.56. The van der Waals surface area contributed by atoms with E-state index < -0.39 is 60.5 Å². The summed E-state index contributed by atoms with van der Waals surface area (Å²) in [5.74, 6) is -15.5. The lowest BCUT2D eigenvalue weighted by atomic mass is 10.4. The van der Waals surface area contributed by atoms with Gasteiger partial charge in [-0.05, 0) is 0 Å². The number of hydrogen-bond acceptors (Lipinski definition) is 5. The minimum atomic E-state index is -3.64. The summed E-state index contributed by atoms with van der Waals surface area (Å²) in [6, 6.07) is 0. The van der Waals surface area contributed by atoms with Crippen molar-refractivity contribution in [1.82, 2.24) is 9.97 Å². The summed E-state index contributed by atoms with van der Waals surface area (Å²) >= 11 is 8.48. The second-order valence-electron chi connectivity index (χ2n) is 3.95. The van der Waals surface area contributed by atoms with Crippen LogP contribution in [-0.4, -0.2) is 9.97 Å². The third kappa shape index (κ3) is 4.41. The summed E-state index contributed by atoms with van der Waals surface area (Å²) < 4.78 is 103. The van der Waals surface area contributed by atoms with Crippen molar-refractivity contribution in [2.24, 2.45) is 0 Å². The lowest BCUT2D eigenvalue weighted by Gasteiger charge is -2.16. The molecule has 2 heterocycles. The molecule has 0 N–H and O–H groups in total. The predicted molar refractivity (Wildman–Crippen MR) is 83.1 cm³/mol. The molecule has 15 heteroatoms. The molecule has 0 amide bonds. The lowest BCUT2D eigenvalue weighted by Crippen LogP contribution is -2.02. The Hall–Kier alpha value is -0.560. The van der Waals surface area contributed by atoms with Crippen LogP contribution in [0.5, 0.6) is 0 Å². The van der Waals surface area contributed by atoms with Crippen LogP contribution in [0.4, 0.5) is 35.1 Å². The first-order chi connectivity index (χ1) is 11.4. The van der Waals surface area contributed by atoms with Crippen LogP contribution < -0.4 is 0 Å². The van der Waals surface area contributed by atoms with Gasteiger partial charge in [-0.1, -0.05) is 34.6 Å². The van der Waals surface area contributed by atoms with Gasteiger partial charge in [-0.25, -0.2) is 17.6 Å². The first-order valence-corrected chi connectivity index (χ1v) is 12.4. The highest BCUT2D eigenvalue weighted by Crippen LogP contribution is 2.77. The van der Waals surface area contributed by atoms with Crippen LogP contribution in [0.15, 0.2) is 9.79 Å². The smallest absolute Gasteiger partial charge is 0.201 e. The summed E-state index contributed by atoms with van der Waals surface area (Å²) in [6.45, 7) is 0. The van der Waals surface area contributed by atoms with Crippen molar-refractivity contribution >= 4 is 50.5 Å². The minimum Gasteiger partial charge on any atom is -0.201 e. The summed E-state index contributed by atoms with van der Waals surface area (Å²) in [6.07, 6.45) is 0. The molecule has 2 aromatic rings. The molecule has 2 aromatic heterocycles. The number of aromatic nitrogens is 2. The molecular weight excluding hydrogens is 459 g/mol. The van der Waals surface area contributed by atoms with E-state index in [9.17, 15) is 35.1 Å². The van der Waals surface area contributed by atoms with Gasteiger partial charge in [-0.15, -0.1) is 12.2 Å². The second-order valence-corrected chi connectivity index (χ2v) is 18.4. The highest BCUT2D eigenvalue weighted by molar-refractivity contribution is 9.20. The molecule has 0 fully saturated rings. The molecule has 2 rings (SSSR count). The van der Waals surface area contributed by atoms with Gasteiger partial charge >= 0.3 is 0 Å². The van der Waals surface area contributed by atoms with Crippen LogP contribution in [0, 0.1) is 47.1 Å². The average molecular weight is 460 g/mol. The number of hydrogen-bond donors (Lipinski definition) is 1. The largest absolute Gasteiger partial charge is 0.252 e. The van der Waals surface area contributed by atoms with Gasteiger partial charge < -0.3 is 0 Å². The molecule has 0 aliphatic carbocycles. The van der Waals surface area contributed by atoms with E-state index in [1.54, 1.807) is 0 Å². The summed E-state index contributed by atoms with van der Waals surface area (Å²) in [7, 11) is 0. The minimum absolute atomic E-state index is 0.0641. The van der Waals surface area contributed by atoms with E-state index in [4.69, 9.17) is 11.8 Å². The van der Waals surface area contributed by atoms with E-state index in [-0.39, 0.29) is 22.8 Å². The number of nitrogens with zero attached hydrogens (tertiary/aromatic N) is 2. The van der Waals surface area contributed by atoms with Gasteiger partial charge in [-0.2, -0.15) is 27.5 Å². The highest BCUT2D eigenvalue weighted by atomic mass is 33.5. The molecule has 0 unspecified atom stereocenters. The van der Waals surface area contributed by atoms with Crippen LogP contribution in [0.3, 0.4) is 0 Å². The van der Waals surface area contributed by atoms with Crippen LogP contribution in [0.1, 0.15) is 0 Å². The predicted octanol–water partition coefficient (Wildman–Crippen LogP) is 5.63. The molecule has 25 heavy (non-hydrogen) atoms. The zero-order valence-corrected chi connectivity index (χ0v) is 15.3. The van der Waals surface area contributed by atoms with Crippen molar-refractivity contribution in [3.05, 3.63) is 47.1 Å². The summed E-state index contributed by atoms with van der Waals surface area (Å²) in [5, 5.41) is 0. The van der Waals surface area contributed by atoms with Gasteiger partial charge in [0.15, 0.2) is 23.3 Å². The van der Waals surface area contributed by atoms with Crippen molar-refractivity contribution in [1.29, 1.82) is 0 Å². The average Bonchev–Trinajstić information content (AvgIpc) is 2.52. The van der Waals surface area contributed by atoms with Crippen molar-refractivity contribution in [3.63, 3.8) is 0 Å². The van der Waals surface area contributed by atoms with E-state index in [1.165, 1.54) is 0 Å². The zero-order chi connectivity index (χ0) is 19.1. The fourth-order valence-corrected chi connectivity index (χ4v) is 9.45. The summed E-state index contributed by atoms with van der Waals surface area (Å²) in [5.41, 5.74) is 0. The van der Waals surface area contributed by atoms with E-state index in [2.05, 4.69) is 22.2 Å². The Morgan fingerprint density at radius 2 is 0.880 bits per heavy atom. The fourth-order valence-electron chi connectivity index (χ4n) is 1.35. The molecule has 0 bridgehead atoms. The van der Waals surface area contributed by atoms with Crippen molar-refractivity contribution in [3.8, 4) is 0 Å². The van der Waals surface area contributed by atoms with Crippen LogP contribution >= 0.6 is 38.7 Å². The van der Waals surface area contributed by atoms with E-state index in [0.717, 1.165) is 0 Å². The Morgan fingerprint density at radius 3 is 1.12 bits per heavy atom. The maximum absolute atomic E-state index is 13.6. The zero-order valence-electron chi connectivity index (χ0n) is 11.0. The molecule has 136 valence electrons. The molecule has 0 saturated carbocycles. The third-order valence-corrected chi connectivity index (χ3v) is 10.5. The number of pyridine rings is 2. The van der Waals surface area contributed by atoms with E-state index >= 15 is 0 Å². The van der Waals surface area contributed by atoms with Crippen LogP contribution in [0.2, 0.25) is 0 Å². The molecule has 0 spiro atoms.